The number of carbonyl (C=O) groups is 1. The zero-order chi connectivity index (χ0) is 21.1. The van der Waals surface area contributed by atoms with Crippen LogP contribution in [0.3, 0.4) is 0 Å². The molecule has 29 heavy (non-hydrogen) atoms. The molecule has 1 fully saturated rings. The van der Waals surface area contributed by atoms with E-state index >= 15 is 0 Å². The van der Waals surface area contributed by atoms with Crippen LogP contribution in [0.25, 0.3) is 11.3 Å². The van der Waals surface area contributed by atoms with Gasteiger partial charge in [0.1, 0.15) is 11.6 Å². The van der Waals surface area contributed by atoms with E-state index in [0.29, 0.717) is 17.3 Å². The molecule has 3 rings (SSSR count). The quantitative estimate of drug-likeness (QED) is 0.776. The molecule has 156 valence electrons. The van der Waals surface area contributed by atoms with Crippen molar-refractivity contribution in [2.45, 2.75) is 19.8 Å². The lowest BCUT2D eigenvalue weighted by molar-refractivity contribution is 0.0664. The minimum atomic E-state index is 0.0451. The number of anilines is 1. The first-order chi connectivity index (χ1) is 13.8. The van der Waals surface area contributed by atoms with Crippen LogP contribution in [0.1, 0.15) is 35.7 Å². The highest BCUT2D eigenvalue weighted by Crippen LogP contribution is 2.33. The highest BCUT2D eigenvalue weighted by atomic mass is 16.5. The highest BCUT2D eigenvalue weighted by molar-refractivity contribution is 5.99. The Bertz CT molecular complexity index is 871. The van der Waals surface area contributed by atoms with E-state index in [0.717, 1.165) is 43.2 Å². The van der Waals surface area contributed by atoms with Gasteiger partial charge in [-0.3, -0.25) is 4.79 Å². The van der Waals surface area contributed by atoms with Crippen LogP contribution in [0.4, 0.5) is 5.82 Å². The third kappa shape index (κ3) is 4.53. The molecule has 1 aromatic heterocycles. The van der Waals surface area contributed by atoms with E-state index in [1.165, 1.54) is 5.56 Å². The largest absolute Gasteiger partial charge is 0.496 e. The molecule has 0 saturated carbocycles. The summed E-state index contributed by atoms with van der Waals surface area (Å²) >= 11 is 0. The van der Waals surface area contributed by atoms with E-state index in [1.54, 1.807) is 7.11 Å². The van der Waals surface area contributed by atoms with E-state index in [-0.39, 0.29) is 5.91 Å². The molecule has 0 spiro atoms. The van der Waals surface area contributed by atoms with Crippen molar-refractivity contribution in [2.75, 3.05) is 59.3 Å². The number of pyridine rings is 1. The van der Waals surface area contributed by atoms with Crippen LogP contribution in [0.5, 0.6) is 5.75 Å². The molecule has 1 aliphatic heterocycles. The van der Waals surface area contributed by atoms with Gasteiger partial charge in [0.25, 0.3) is 5.91 Å². The van der Waals surface area contributed by atoms with Crippen LogP contribution in [-0.4, -0.2) is 75.1 Å². The number of methoxy groups -OCH3 is 1. The molecule has 6 nitrogen and oxygen atoms in total. The van der Waals surface area contributed by atoms with Crippen molar-refractivity contribution in [3.05, 3.63) is 41.5 Å². The van der Waals surface area contributed by atoms with Crippen LogP contribution in [0.15, 0.2) is 30.3 Å². The molecule has 0 unspecified atom stereocenters. The average molecular weight is 397 g/mol. The van der Waals surface area contributed by atoms with Gasteiger partial charge in [0.2, 0.25) is 0 Å². The number of benzene rings is 1. The first-order valence-electron chi connectivity index (χ1n) is 10.2. The maximum atomic E-state index is 13.2. The standard InChI is InChI=1S/C23H32N4O2/c1-16(2)17-7-10-21(29-6)19(15-17)20-9-8-18(22(24-20)25(3)4)23(28)27-13-11-26(5)12-14-27/h7-10,15-16H,11-14H2,1-6H3. The van der Waals surface area contributed by atoms with Crippen LogP contribution < -0.4 is 9.64 Å². The molecule has 1 amide bonds. The molecule has 0 bridgehead atoms. The average Bonchev–Trinajstić information content (AvgIpc) is 2.72. The van der Waals surface area contributed by atoms with E-state index in [2.05, 4.69) is 37.9 Å². The highest BCUT2D eigenvalue weighted by Gasteiger charge is 2.24. The van der Waals surface area contributed by atoms with Gasteiger partial charge in [-0.05, 0) is 42.8 Å². The molecular weight excluding hydrogens is 364 g/mol. The fourth-order valence-corrected chi connectivity index (χ4v) is 3.57. The Morgan fingerprint density at radius 1 is 1.10 bits per heavy atom. The van der Waals surface area contributed by atoms with Crippen molar-refractivity contribution in [1.82, 2.24) is 14.8 Å². The summed E-state index contributed by atoms with van der Waals surface area (Å²) in [4.78, 5) is 24.1. The molecule has 1 aromatic carbocycles. The SMILES string of the molecule is COc1ccc(C(C)C)cc1-c1ccc(C(=O)N2CCN(C)CC2)c(N(C)C)n1. The molecule has 2 aromatic rings. The number of nitrogens with zero attached hydrogens (tertiary/aromatic N) is 4. The maximum Gasteiger partial charge on any atom is 0.257 e. The summed E-state index contributed by atoms with van der Waals surface area (Å²) in [7, 11) is 7.61. The number of ether oxygens (including phenoxy) is 1. The first-order valence-corrected chi connectivity index (χ1v) is 10.2. The van der Waals surface area contributed by atoms with Crippen LogP contribution in [0.2, 0.25) is 0 Å². The molecular formula is C23H32N4O2. The lowest BCUT2D eigenvalue weighted by atomic mass is 9.98. The van der Waals surface area contributed by atoms with Crippen molar-refractivity contribution in [1.29, 1.82) is 0 Å². The number of piperazine rings is 1. The van der Waals surface area contributed by atoms with Crippen molar-refractivity contribution >= 4 is 11.7 Å². The van der Waals surface area contributed by atoms with Gasteiger partial charge in [-0.25, -0.2) is 4.98 Å². The smallest absolute Gasteiger partial charge is 0.257 e. The van der Waals surface area contributed by atoms with Gasteiger partial charge < -0.3 is 19.4 Å². The zero-order valence-corrected chi connectivity index (χ0v) is 18.4. The predicted octanol–water partition coefficient (Wildman–Crippen LogP) is 3.33. The number of amides is 1. The lowest BCUT2D eigenvalue weighted by Gasteiger charge is -2.33. The molecule has 1 saturated heterocycles. The summed E-state index contributed by atoms with van der Waals surface area (Å²) in [5.41, 5.74) is 3.62. The maximum absolute atomic E-state index is 13.2. The Kier molecular flexibility index (Phi) is 6.42. The molecule has 0 atom stereocenters. The van der Waals surface area contributed by atoms with Crippen LogP contribution in [-0.2, 0) is 0 Å². The van der Waals surface area contributed by atoms with Crippen molar-refractivity contribution < 1.29 is 9.53 Å². The number of aromatic nitrogens is 1. The van der Waals surface area contributed by atoms with Gasteiger partial charge in [-0.2, -0.15) is 0 Å². The predicted molar refractivity (Wildman–Crippen MR) is 118 cm³/mol. The lowest BCUT2D eigenvalue weighted by Crippen LogP contribution is -2.47. The Hall–Kier alpha value is -2.60. The van der Waals surface area contributed by atoms with E-state index in [9.17, 15) is 4.79 Å². The number of carbonyl (C=O) groups excluding carboxylic acids is 1. The Balaban J connectivity index is 2.01. The molecule has 6 heteroatoms. The fraction of sp³-hybridized carbons (Fsp3) is 0.478. The minimum Gasteiger partial charge on any atom is -0.496 e. The molecule has 0 radical (unpaired) electrons. The summed E-state index contributed by atoms with van der Waals surface area (Å²) < 4.78 is 5.58. The van der Waals surface area contributed by atoms with Gasteiger partial charge in [-0.15, -0.1) is 0 Å². The van der Waals surface area contributed by atoms with Crippen molar-refractivity contribution in [3.63, 3.8) is 0 Å². The van der Waals surface area contributed by atoms with E-state index < -0.39 is 0 Å². The van der Waals surface area contributed by atoms with Gasteiger partial charge in [0.15, 0.2) is 0 Å². The van der Waals surface area contributed by atoms with E-state index in [4.69, 9.17) is 9.72 Å². The molecule has 0 aliphatic carbocycles. The van der Waals surface area contributed by atoms with E-state index in [1.807, 2.05) is 42.1 Å². The zero-order valence-electron chi connectivity index (χ0n) is 18.4. The topological polar surface area (TPSA) is 48.9 Å². The third-order valence-corrected chi connectivity index (χ3v) is 5.49. The Morgan fingerprint density at radius 3 is 2.38 bits per heavy atom. The van der Waals surface area contributed by atoms with Crippen molar-refractivity contribution in [3.8, 4) is 17.0 Å². The molecule has 2 heterocycles. The van der Waals surface area contributed by atoms with Gasteiger partial charge in [0.05, 0.1) is 18.4 Å². The molecule has 0 N–H and O–H groups in total. The second-order valence-electron chi connectivity index (χ2n) is 8.17. The summed E-state index contributed by atoms with van der Waals surface area (Å²) in [5, 5.41) is 0. The monoisotopic (exact) mass is 396 g/mol. The summed E-state index contributed by atoms with van der Waals surface area (Å²) in [6, 6.07) is 10.0. The van der Waals surface area contributed by atoms with Gasteiger partial charge >= 0.3 is 0 Å². The Labute approximate surface area is 174 Å². The summed E-state index contributed by atoms with van der Waals surface area (Å²) in [6.45, 7) is 7.62. The number of hydrogen-bond donors (Lipinski definition) is 0. The van der Waals surface area contributed by atoms with Crippen LogP contribution in [0, 0.1) is 0 Å². The summed E-state index contributed by atoms with van der Waals surface area (Å²) in [5.74, 6) is 1.92. The number of rotatable bonds is 5. The second kappa shape index (κ2) is 8.82. The normalized spacial score (nSPS) is 14.9. The first kappa shape index (κ1) is 21.1. The second-order valence-corrected chi connectivity index (χ2v) is 8.17. The molecule has 1 aliphatic rings. The fourth-order valence-electron chi connectivity index (χ4n) is 3.57. The van der Waals surface area contributed by atoms with Gasteiger partial charge in [-0.1, -0.05) is 19.9 Å². The Morgan fingerprint density at radius 2 is 1.79 bits per heavy atom. The number of likely N-dealkylation sites (N-methyl/N-ethyl adjacent to an activating group) is 1. The summed E-state index contributed by atoms with van der Waals surface area (Å²) in [6.07, 6.45) is 0. The van der Waals surface area contributed by atoms with Crippen LogP contribution >= 0.6 is 0 Å². The minimum absolute atomic E-state index is 0.0451. The third-order valence-electron chi connectivity index (χ3n) is 5.49. The number of hydrogen-bond acceptors (Lipinski definition) is 5. The van der Waals surface area contributed by atoms with Gasteiger partial charge in [0, 0.05) is 45.8 Å². The van der Waals surface area contributed by atoms with Crippen molar-refractivity contribution in [2.24, 2.45) is 0 Å².